The summed E-state index contributed by atoms with van der Waals surface area (Å²) in [6.07, 6.45) is 1.29. The lowest BCUT2D eigenvalue weighted by atomic mass is 10.1. The molecule has 142 valence electrons. The lowest BCUT2D eigenvalue weighted by Gasteiger charge is -2.39. The molecule has 1 aliphatic rings. The van der Waals surface area contributed by atoms with Crippen molar-refractivity contribution < 1.29 is 9.59 Å². The largest absolute Gasteiger partial charge is 0.335 e. The Bertz CT molecular complexity index is 1040. The third kappa shape index (κ3) is 3.44. The van der Waals surface area contributed by atoms with Crippen LogP contribution < -0.4 is 5.56 Å². The fourth-order valence-corrected chi connectivity index (χ4v) is 3.75. The molecule has 1 aliphatic heterocycles. The van der Waals surface area contributed by atoms with Gasteiger partial charge in [-0.05, 0) is 50.3 Å². The van der Waals surface area contributed by atoms with Gasteiger partial charge in [-0.1, -0.05) is 6.58 Å². The zero-order valence-electron chi connectivity index (χ0n) is 15.4. The van der Waals surface area contributed by atoms with Crippen LogP contribution in [0.15, 0.2) is 35.6 Å². The molecule has 3 rings (SSSR count). The van der Waals surface area contributed by atoms with E-state index < -0.39 is 0 Å². The first-order valence-electron chi connectivity index (χ1n) is 8.86. The van der Waals surface area contributed by atoms with Crippen molar-refractivity contribution in [3.05, 3.63) is 51.5 Å². The van der Waals surface area contributed by atoms with Gasteiger partial charge in [-0.15, -0.1) is 0 Å². The topological polar surface area (TPSA) is 78.4 Å². The zero-order valence-corrected chi connectivity index (χ0v) is 16.2. The second-order valence-electron chi connectivity index (χ2n) is 6.58. The van der Waals surface area contributed by atoms with Crippen LogP contribution in [-0.2, 0) is 11.3 Å². The molecule has 2 aromatic rings. The molecule has 1 fully saturated rings. The Kier molecular flexibility index (Phi) is 5.27. The molecule has 0 bridgehead atoms. The number of carbonyl (C=O) groups is 2. The maximum Gasteiger partial charge on any atom is 0.262 e. The summed E-state index contributed by atoms with van der Waals surface area (Å²) in [6, 6.07) is 4.88. The van der Waals surface area contributed by atoms with Crippen molar-refractivity contribution >= 4 is 34.9 Å². The molecule has 1 aromatic heterocycles. The SMILES string of the molecule is C=CC(=O)N1CCN(C(=O)c2ccc3c(=O)n(CC)c(=S)[nH]c3c2)[C@@H](C)C1. The summed E-state index contributed by atoms with van der Waals surface area (Å²) in [7, 11) is 0. The third-order valence-corrected chi connectivity index (χ3v) is 5.24. The lowest BCUT2D eigenvalue weighted by Crippen LogP contribution is -2.55. The lowest BCUT2D eigenvalue weighted by molar-refractivity contribution is -0.128. The first kappa shape index (κ1) is 19.0. The Labute approximate surface area is 161 Å². The molecule has 0 aliphatic carbocycles. The normalized spacial score (nSPS) is 17.2. The number of amides is 2. The smallest absolute Gasteiger partial charge is 0.262 e. The average Bonchev–Trinajstić information content (AvgIpc) is 2.66. The van der Waals surface area contributed by atoms with Crippen LogP contribution >= 0.6 is 12.2 Å². The molecule has 2 amide bonds. The second-order valence-corrected chi connectivity index (χ2v) is 6.96. The number of carbonyl (C=O) groups excluding carboxylic acids is 2. The highest BCUT2D eigenvalue weighted by Crippen LogP contribution is 2.17. The summed E-state index contributed by atoms with van der Waals surface area (Å²) >= 11 is 5.23. The molecule has 8 heteroatoms. The number of benzene rings is 1. The van der Waals surface area contributed by atoms with E-state index in [9.17, 15) is 14.4 Å². The second kappa shape index (κ2) is 7.48. The van der Waals surface area contributed by atoms with E-state index in [0.29, 0.717) is 47.4 Å². The minimum Gasteiger partial charge on any atom is -0.335 e. The van der Waals surface area contributed by atoms with Crippen molar-refractivity contribution in [1.82, 2.24) is 19.4 Å². The van der Waals surface area contributed by atoms with Crippen molar-refractivity contribution in [2.75, 3.05) is 19.6 Å². The van der Waals surface area contributed by atoms with Crippen molar-refractivity contribution in [1.29, 1.82) is 0 Å². The van der Waals surface area contributed by atoms with Gasteiger partial charge in [0.15, 0.2) is 4.77 Å². The number of aromatic nitrogens is 2. The van der Waals surface area contributed by atoms with Crippen LogP contribution in [-0.4, -0.2) is 56.8 Å². The quantitative estimate of drug-likeness (QED) is 0.646. The van der Waals surface area contributed by atoms with Gasteiger partial charge in [0.2, 0.25) is 5.91 Å². The van der Waals surface area contributed by atoms with E-state index in [0.717, 1.165) is 0 Å². The summed E-state index contributed by atoms with van der Waals surface area (Å²) in [5.41, 5.74) is 0.867. The van der Waals surface area contributed by atoms with E-state index in [1.807, 2.05) is 13.8 Å². The highest BCUT2D eigenvalue weighted by atomic mass is 32.1. The number of rotatable bonds is 3. The zero-order chi connectivity index (χ0) is 19.7. The molecule has 1 atom stereocenters. The van der Waals surface area contributed by atoms with Crippen LogP contribution in [0.5, 0.6) is 0 Å². The molecule has 27 heavy (non-hydrogen) atoms. The number of aromatic amines is 1. The Morgan fingerprint density at radius 1 is 1.37 bits per heavy atom. The fourth-order valence-electron chi connectivity index (χ4n) is 3.43. The highest BCUT2D eigenvalue weighted by molar-refractivity contribution is 7.71. The maximum atomic E-state index is 13.0. The van der Waals surface area contributed by atoms with Crippen molar-refractivity contribution in [3.8, 4) is 0 Å². The van der Waals surface area contributed by atoms with Crippen LogP contribution in [0.1, 0.15) is 24.2 Å². The molecule has 0 saturated carbocycles. The number of H-pyrrole nitrogens is 1. The molecule has 1 saturated heterocycles. The standard InChI is InChI=1S/C19H22N4O3S/c1-4-16(24)21-8-9-23(12(3)11-21)17(25)13-6-7-14-15(10-13)20-19(27)22(5-2)18(14)26/h4,6-7,10,12H,1,5,8-9,11H2,2-3H3,(H,20,27)/t12-/m0/s1. The van der Waals surface area contributed by atoms with E-state index in [2.05, 4.69) is 11.6 Å². The predicted molar refractivity (Wildman–Crippen MR) is 106 cm³/mol. The van der Waals surface area contributed by atoms with E-state index >= 15 is 0 Å². The first-order chi connectivity index (χ1) is 12.9. The van der Waals surface area contributed by atoms with E-state index in [4.69, 9.17) is 12.2 Å². The fraction of sp³-hybridized carbons (Fsp3) is 0.368. The van der Waals surface area contributed by atoms with Gasteiger partial charge in [-0.25, -0.2) is 0 Å². The van der Waals surface area contributed by atoms with Crippen LogP contribution in [0.2, 0.25) is 0 Å². The molecule has 2 heterocycles. The van der Waals surface area contributed by atoms with Crippen molar-refractivity contribution in [3.63, 3.8) is 0 Å². The van der Waals surface area contributed by atoms with Crippen molar-refractivity contribution in [2.24, 2.45) is 0 Å². The predicted octanol–water partition coefficient (Wildman–Crippen LogP) is 1.94. The maximum absolute atomic E-state index is 13.0. The van der Waals surface area contributed by atoms with Gasteiger partial charge in [0.1, 0.15) is 0 Å². The number of nitrogens with zero attached hydrogens (tertiary/aromatic N) is 3. The monoisotopic (exact) mass is 386 g/mol. The summed E-state index contributed by atoms with van der Waals surface area (Å²) < 4.78 is 1.82. The average molecular weight is 386 g/mol. The summed E-state index contributed by atoms with van der Waals surface area (Å²) in [4.78, 5) is 43.7. The molecule has 7 nitrogen and oxygen atoms in total. The summed E-state index contributed by atoms with van der Waals surface area (Å²) in [5, 5.41) is 0.497. The Balaban J connectivity index is 1.90. The number of hydrogen-bond donors (Lipinski definition) is 1. The van der Waals surface area contributed by atoms with E-state index in [1.54, 1.807) is 28.0 Å². The number of piperazine rings is 1. The minimum atomic E-state index is -0.167. The van der Waals surface area contributed by atoms with Crippen LogP contribution in [0.4, 0.5) is 0 Å². The molecule has 1 aromatic carbocycles. The summed E-state index contributed by atoms with van der Waals surface area (Å²) in [6.45, 7) is 9.14. The van der Waals surface area contributed by atoms with Crippen LogP contribution in [0, 0.1) is 4.77 Å². The molecule has 0 radical (unpaired) electrons. The van der Waals surface area contributed by atoms with E-state index in [-0.39, 0.29) is 23.4 Å². The van der Waals surface area contributed by atoms with Gasteiger partial charge in [-0.2, -0.15) is 0 Å². The first-order valence-corrected chi connectivity index (χ1v) is 9.27. The third-order valence-electron chi connectivity index (χ3n) is 4.92. The number of nitrogens with one attached hydrogen (secondary N) is 1. The van der Waals surface area contributed by atoms with Gasteiger partial charge < -0.3 is 14.8 Å². The minimum absolute atomic E-state index is 0.113. The molecule has 0 unspecified atom stereocenters. The molecule has 0 spiro atoms. The number of fused-ring (bicyclic) bond motifs is 1. The Morgan fingerprint density at radius 3 is 2.74 bits per heavy atom. The van der Waals surface area contributed by atoms with Gasteiger partial charge in [0, 0.05) is 37.8 Å². The highest BCUT2D eigenvalue weighted by Gasteiger charge is 2.29. The summed E-state index contributed by atoms with van der Waals surface area (Å²) in [5.74, 6) is -0.256. The Morgan fingerprint density at radius 2 is 2.11 bits per heavy atom. The van der Waals surface area contributed by atoms with Gasteiger partial charge in [0.25, 0.3) is 11.5 Å². The van der Waals surface area contributed by atoms with Gasteiger partial charge >= 0.3 is 0 Å². The van der Waals surface area contributed by atoms with Crippen molar-refractivity contribution in [2.45, 2.75) is 26.4 Å². The van der Waals surface area contributed by atoms with Crippen LogP contribution in [0.25, 0.3) is 10.9 Å². The van der Waals surface area contributed by atoms with E-state index in [1.165, 1.54) is 10.6 Å². The van der Waals surface area contributed by atoms with Gasteiger partial charge in [0.05, 0.1) is 10.9 Å². The molecular weight excluding hydrogens is 364 g/mol. The Hall–Kier alpha value is -2.74. The number of hydrogen-bond acceptors (Lipinski definition) is 4. The molecular formula is C19H22N4O3S. The molecule has 1 N–H and O–H groups in total. The van der Waals surface area contributed by atoms with Crippen LogP contribution in [0.3, 0.4) is 0 Å². The van der Waals surface area contributed by atoms with Gasteiger partial charge in [-0.3, -0.25) is 19.0 Å².